The maximum Gasteiger partial charge on any atom is 0.402 e. The maximum absolute atomic E-state index is 10.6. The Hall–Kier alpha value is -3.42. The van der Waals surface area contributed by atoms with Crippen LogP contribution in [0, 0.1) is 0 Å². The van der Waals surface area contributed by atoms with Crippen molar-refractivity contribution in [3.63, 3.8) is 0 Å². The van der Waals surface area contributed by atoms with Crippen molar-refractivity contribution in [3.8, 4) is 45.8 Å². The Balaban J connectivity index is 0.00000423. The second kappa shape index (κ2) is 12.7. The number of aromatic hydroxyl groups is 5. The zero-order valence-corrected chi connectivity index (χ0v) is 22.6. The molecule has 5 rings (SSSR count). The van der Waals surface area contributed by atoms with Crippen LogP contribution >= 0.6 is 0 Å². The fourth-order valence-electron chi connectivity index (χ4n) is 4.60. The van der Waals surface area contributed by atoms with Gasteiger partial charge < -0.3 is 87.5 Å². The molecule has 0 aliphatic carbocycles. The van der Waals surface area contributed by atoms with Gasteiger partial charge in [0, 0.05) is 24.3 Å². The summed E-state index contributed by atoms with van der Waals surface area (Å²) in [5.74, 6) is -3.64. The number of phenols is 5. The molecule has 2 aliphatic rings. The molecule has 16 nitrogen and oxygen atoms in total. The Labute approximate surface area is 247 Å². The lowest BCUT2D eigenvalue weighted by molar-refractivity contribution is -0.307. The predicted octanol–water partition coefficient (Wildman–Crippen LogP) is -4.45. The lowest BCUT2D eigenvalue weighted by Gasteiger charge is -2.41. The normalized spacial score (nSPS) is 31.0. The van der Waals surface area contributed by atoms with E-state index in [0.29, 0.717) is 0 Å². The number of hydrogen-bond donors (Lipinski definition) is 11. The third-order valence-electron chi connectivity index (χ3n) is 6.94. The largest absolute Gasteiger partial charge is 1.00 e. The lowest BCUT2D eigenvalue weighted by Crippen LogP contribution is -3.00. The molecule has 0 spiro atoms. The van der Waals surface area contributed by atoms with Gasteiger partial charge in [-0.3, -0.25) is 0 Å². The Kier molecular flexibility index (Phi) is 9.57. The van der Waals surface area contributed by atoms with Crippen LogP contribution in [-0.2, 0) is 14.2 Å². The van der Waals surface area contributed by atoms with Gasteiger partial charge in [-0.25, -0.2) is 4.42 Å². The van der Waals surface area contributed by atoms with E-state index in [0.717, 1.165) is 24.3 Å². The molecule has 2 saturated heterocycles. The number of rotatable bonds is 6. The number of hydrogen-bond acceptors (Lipinski definition) is 15. The molecule has 3 heterocycles. The maximum atomic E-state index is 10.6. The van der Waals surface area contributed by atoms with Crippen molar-refractivity contribution < 1.29 is 91.9 Å². The third kappa shape index (κ3) is 6.29. The van der Waals surface area contributed by atoms with E-state index in [-0.39, 0.29) is 52.8 Å². The minimum absolute atomic E-state index is 0. The first-order valence-electron chi connectivity index (χ1n) is 12.6. The topological polar surface area (TPSA) is 271 Å². The molecule has 2 aliphatic heterocycles. The fraction of sp³-hybridized carbons (Fsp3) is 0.423. The van der Waals surface area contributed by atoms with E-state index < -0.39 is 84.9 Å². The Morgan fingerprint density at radius 3 is 2.07 bits per heavy atom. The fourth-order valence-corrected chi connectivity index (χ4v) is 4.60. The monoisotopic (exact) mass is 632 g/mol. The van der Waals surface area contributed by atoms with Crippen molar-refractivity contribution in [2.24, 2.45) is 0 Å². The second-order valence-corrected chi connectivity index (χ2v) is 9.90. The van der Waals surface area contributed by atoms with E-state index in [1.165, 1.54) is 6.07 Å². The average molecular weight is 633 g/mol. The Morgan fingerprint density at radius 1 is 0.744 bits per heavy atom. The number of benzene rings is 2. The highest BCUT2D eigenvalue weighted by atomic mass is 35.5. The van der Waals surface area contributed by atoms with Crippen LogP contribution in [0.25, 0.3) is 22.3 Å². The first kappa shape index (κ1) is 32.5. The summed E-state index contributed by atoms with van der Waals surface area (Å²) in [6, 6.07) is 5.38. The summed E-state index contributed by atoms with van der Waals surface area (Å²) in [6.07, 6.45) is -14.6. The number of aliphatic hydroxyl groups is 6. The van der Waals surface area contributed by atoms with Gasteiger partial charge in [0.15, 0.2) is 23.5 Å². The number of ether oxygens (including phenoxy) is 4. The number of fused-ring (bicyclic) bond motifs is 1. The van der Waals surface area contributed by atoms with Gasteiger partial charge in [-0.1, -0.05) is 0 Å². The molecule has 1 aromatic heterocycles. The highest BCUT2D eigenvalue weighted by molar-refractivity contribution is 5.88. The molecule has 11 N–H and O–H groups in total. The second-order valence-electron chi connectivity index (χ2n) is 9.90. The van der Waals surface area contributed by atoms with Gasteiger partial charge in [0.25, 0.3) is 0 Å². The summed E-state index contributed by atoms with van der Waals surface area (Å²) >= 11 is 0. The zero-order chi connectivity index (χ0) is 30.5. The average Bonchev–Trinajstić information content (AvgIpc) is 2.94. The van der Waals surface area contributed by atoms with Gasteiger partial charge in [0.05, 0.1) is 24.8 Å². The molecule has 0 radical (unpaired) electrons. The van der Waals surface area contributed by atoms with Gasteiger partial charge in [0.1, 0.15) is 59.6 Å². The van der Waals surface area contributed by atoms with E-state index in [1.54, 1.807) is 0 Å². The van der Waals surface area contributed by atoms with Crippen molar-refractivity contribution in [2.75, 3.05) is 13.2 Å². The van der Waals surface area contributed by atoms with Crippen LogP contribution in [0.5, 0.6) is 34.5 Å². The first-order chi connectivity index (χ1) is 19.8. The third-order valence-corrected chi connectivity index (χ3v) is 6.94. The van der Waals surface area contributed by atoms with E-state index in [4.69, 9.17) is 23.4 Å². The molecule has 3 aromatic rings. The molecule has 2 aromatic carbocycles. The van der Waals surface area contributed by atoms with Gasteiger partial charge in [-0.05, 0) is 0 Å². The standard InChI is InChI=1S/C26H28O16.ClH/c27-9-3-11(28)10-5-16(24(40-15(10)4-9)8-1-12(29)18(32)13(30)2-8)41-26-23(37)21(35)20(34)17(42-26)7-39-25-22(36)19(33)14(31)6-38-25;/h1-5,14,17,19-23,25-26,31,33-37H,6-7H2,(H4-,27,28,29,30,32);1H/t14-,17-,19+,20-,21+,22-,23-,25+,26-;/m1./s1. The molecule has 0 bridgehead atoms. The Bertz CT molecular complexity index is 1430. The van der Waals surface area contributed by atoms with Crippen LogP contribution in [0.2, 0.25) is 0 Å². The zero-order valence-electron chi connectivity index (χ0n) is 21.8. The molecule has 0 amide bonds. The molecular formula is C26H29ClO16. The molecule has 17 heteroatoms. The van der Waals surface area contributed by atoms with Crippen LogP contribution in [0.3, 0.4) is 0 Å². The molecule has 43 heavy (non-hydrogen) atoms. The number of phenolic OH excluding ortho intramolecular Hbond substituents is 5. The van der Waals surface area contributed by atoms with Crippen molar-refractivity contribution in [2.45, 2.75) is 55.3 Å². The van der Waals surface area contributed by atoms with Gasteiger partial charge in [-0.15, -0.1) is 0 Å². The minimum Gasteiger partial charge on any atom is -1.00 e. The van der Waals surface area contributed by atoms with Crippen molar-refractivity contribution in [1.29, 1.82) is 0 Å². The lowest BCUT2D eigenvalue weighted by atomic mass is 9.99. The molecule has 236 valence electrons. The van der Waals surface area contributed by atoms with Gasteiger partial charge >= 0.3 is 11.3 Å². The molecule has 2 fully saturated rings. The van der Waals surface area contributed by atoms with E-state index in [1.807, 2.05) is 0 Å². The highest BCUT2D eigenvalue weighted by Gasteiger charge is 2.47. The first-order valence-corrected chi connectivity index (χ1v) is 12.6. The summed E-state index contributed by atoms with van der Waals surface area (Å²) in [4.78, 5) is 0. The summed E-state index contributed by atoms with van der Waals surface area (Å²) in [6.45, 7) is -0.907. The summed E-state index contributed by atoms with van der Waals surface area (Å²) in [7, 11) is 0. The van der Waals surface area contributed by atoms with Crippen LogP contribution in [0.1, 0.15) is 0 Å². The van der Waals surface area contributed by atoms with Crippen LogP contribution in [0.4, 0.5) is 0 Å². The summed E-state index contributed by atoms with van der Waals surface area (Å²) in [5.41, 5.74) is -0.149. The SMILES string of the molecule is Oc1cc(O)c2cc(O[C@@H]3O[C@H](CO[C@@H]4OC[C@@H](O)[C@H](O)[C@H]4O)[C@@H](O)[C@H](O)[C@H]3O)c(-c3cc(O)c(O)c(O)c3)[o+]c2c1.[Cl-]. The van der Waals surface area contributed by atoms with E-state index >= 15 is 0 Å². The quantitative estimate of drug-likeness (QED) is 0.0903. The number of halogens is 1. The molecule has 9 atom stereocenters. The summed E-state index contributed by atoms with van der Waals surface area (Å²) in [5, 5.41) is 111. The minimum atomic E-state index is -1.87. The van der Waals surface area contributed by atoms with Crippen molar-refractivity contribution in [1.82, 2.24) is 0 Å². The molecule has 0 saturated carbocycles. The molecule has 0 unspecified atom stereocenters. The van der Waals surface area contributed by atoms with Crippen molar-refractivity contribution >= 4 is 11.0 Å². The van der Waals surface area contributed by atoms with Gasteiger partial charge in [-0.2, -0.15) is 0 Å². The predicted molar refractivity (Wildman–Crippen MR) is 135 cm³/mol. The molecular weight excluding hydrogens is 604 g/mol. The van der Waals surface area contributed by atoms with Crippen LogP contribution in [-0.4, -0.2) is 125 Å². The van der Waals surface area contributed by atoms with Crippen molar-refractivity contribution in [3.05, 3.63) is 30.3 Å². The Morgan fingerprint density at radius 2 is 1.40 bits per heavy atom. The van der Waals surface area contributed by atoms with Crippen LogP contribution in [0.15, 0.2) is 34.7 Å². The smallest absolute Gasteiger partial charge is 0.402 e. The van der Waals surface area contributed by atoms with E-state index in [2.05, 4.69) is 0 Å². The highest BCUT2D eigenvalue weighted by Crippen LogP contribution is 2.44. The summed E-state index contributed by atoms with van der Waals surface area (Å²) < 4.78 is 27.8. The van der Waals surface area contributed by atoms with Gasteiger partial charge in [0.2, 0.25) is 12.0 Å². The van der Waals surface area contributed by atoms with Crippen LogP contribution < -0.4 is 17.1 Å². The number of aliphatic hydroxyl groups excluding tert-OH is 6. The van der Waals surface area contributed by atoms with E-state index in [9.17, 15) is 56.2 Å².